The van der Waals surface area contributed by atoms with Crippen LogP contribution in [0.25, 0.3) is 0 Å². The van der Waals surface area contributed by atoms with Crippen LogP contribution in [-0.2, 0) is 9.53 Å². The third-order valence-electron chi connectivity index (χ3n) is 6.41. The highest BCUT2D eigenvalue weighted by atomic mass is 35.5. The zero-order valence-corrected chi connectivity index (χ0v) is 20.0. The molecule has 1 amide bonds. The average Bonchev–Trinajstić information content (AvgIpc) is 2.75. The number of allylic oxidation sites excluding steroid dienone is 1. The monoisotopic (exact) mass is 459 g/mol. The number of nitrogens with zero attached hydrogens (tertiary/aromatic N) is 1. The molecule has 0 aliphatic carbocycles. The number of carbonyl (C=O) groups excluding carboxylic acids is 1. The molecule has 0 bridgehead atoms. The molecule has 1 saturated heterocycles. The molecule has 0 radical (unpaired) electrons. The van der Waals surface area contributed by atoms with Crippen LogP contribution in [-0.4, -0.2) is 30.6 Å². The summed E-state index contributed by atoms with van der Waals surface area (Å²) in [5, 5.41) is 1.38. The smallest absolute Gasteiger partial charge is 0.229 e. The molecule has 0 N–H and O–H groups in total. The summed E-state index contributed by atoms with van der Waals surface area (Å²) in [6.45, 7) is 8.57. The first-order valence-corrected chi connectivity index (χ1v) is 11.5. The first-order valence-electron chi connectivity index (χ1n) is 10.8. The van der Waals surface area contributed by atoms with E-state index >= 15 is 0 Å². The van der Waals surface area contributed by atoms with Gasteiger partial charge in [-0.25, -0.2) is 0 Å². The van der Waals surface area contributed by atoms with Crippen LogP contribution in [0.1, 0.15) is 56.2 Å². The molecule has 3 rings (SSSR count). The van der Waals surface area contributed by atoms with E-state index in [-0.39, 0.29) is 23.9 Å². The second-order valence-corrected chi connectivity index (χ2v) is 9.52. The number of hydrogen-bond donors (Lipinski definition) is 0. The van der Waals surface area contributed by atoms with Crippen molar-refractivity contribution in [1.29, 1.82) is 0 Å². The Labute approximate surface area is 196 Å². The van der Waals surface area contributed by atoms with Crippen molar-refractivity contribution in [3.8, 4) is 0 Å². The highest BCUT2D eigenvalue weighted by Gasteiger charge is 2.50. The van der Waals surface area contributed by atoms with Crippen molar-refractivity contribution < 1.29 is 9.53 Å². The van der Waals surface area contributed by atoms with Crippen LogP contribution in [0.15, 0.2) is 61.2 Å². The maximum Gasteiger partial charge on any atom is 0.229 e. The van der Waals surface area contributed by atoms with Crippen molar-refractivity contribution in [1.82, 2.24) is 4.90 Å². The van der Waals surface area contributed by atoms with E-state index in [4.69, 9.17) is 27.9 Å². The maximum absolute atomic E-state index is 14.0. The molecular formula is C26H31Cl2NO2. The molecule has 2 aromatic rings. The van der Waals surface area contributed by atoms with Gasteiger partial charge in [-0.05, 0) is 54.7 Å². The van der Waals surface area contributed by atoms with Crippen molar-refractivity contribution in [3.05, 3.63) is 82.4 Å². The van der Waals surface area contributed by atoms with Crippen LogP contribution in [0.2, 0.25) is 10.0 Å². The third-order valence-corrected chi connectivity index (χ3v) is 6.90. The van der Waals surface area contributed by atoms with E-state index in [2.05, 4.69) is 31.4 Å². The fourth-order valence-electron chi connectivity index (χ4n) is 4.88. The molecule has 1 heterocycles. The molecule has 3 nitrogen and oxygen atoms in total. The number of methoxy groups -OCH3 is 1. The molecule has 4 atom stereocenters. The fraction of sp³-hybridized carbons (Fsp3) is 0.423. The predicted octanol–water partition coefficient (Wildman–Crippen LogP) is 7.06. The molecular weight excluding hydrogens is 429 g/mol. The summed E-state index contributed by atoms with van der Waals surface area (Å²) < 4.78 is 5.53. The number of benzene rings is 2. The molecule has 0 saturated carbocycles. The van der Waals surface area contributed by atoms with Gasteiger partial charge in [-0.15, -0.1) is 6.58 Å². The van der Waals surface area contributed by atoms with Crippen molar-refractivity contribution >= 4 is 29.1 Å². The van der Waals surface area contributed by atoms with Crippen LogP contribution in [0.3, 0.4) is 0 Å². The van der Waals surface area contributed by atoms with Gasteiger partial charge in [0.25, 0.3) is 0 Å². The molecule has 1 aliphatic rings. The maximum atomic E-state index is 14.0. The lowest BCUT2D eigenvalue weighted by atomic mass is 9.67. The summed E-state index contributed by atoms with van der Waals surface area (Å²) in [5.74, 6) is 0.225. The second kappa shape index (κ2) is 10.2. The Bertz CT molecular complexity index is 914. The van der Waals surface area contributed by atoms with Gasteiger partial charge in [-0.1, -0.05) is 67.4 Å². The van der Waals surface area contributed by atoms with E-state index in [1.54, 1.807) is 7.11 Å². The first-order chi connectivity index (χ1) is 14.8. The van der Waals surface area contributed by atoms with Crippen molar-refractivity contribution in [3.63, 3.8) is 0 Å². The van der Waals surface area contributed by atoms with E-state index in [0.717, 1.165) is 17.5 Å². The van der Waals surface area contributed by atoms with Crippen molar-refractivity contribution in [2.45, 2.75) is 51.1 Å². The molecule has 0 aromatic heterocycles. The predicted molar refractivity (Wildman–Crippen MR) is 129 cm³/mol. The molecule has 31 heavy (non-hydrogen) atoms. The van der Waals surface area contributed by atoms with E-state index in [1.807, 2.05) is 48.5 Å². The van der Waals surface area contributed by atoms with Gasteiger partial charge in [-0.3, -0.25) is 4.79 Å². The largest absolute Gasteiger partial charge is 0.383 e. The van der Waals surface area contributed by atoms with Crippen molar-refractivity contribution in [2.75, 3.05) is 13.7 Å². The van der Waals surface area contributed by atoms with Crippen LogP contribution in [0, 0.1) is 5.41 Å². The normalized spacial score (nSPS) is 24.8. The lowest BCUT2D eigenvalue weighted by Gasteiger charge is -2.52. The Balaban J connectivity index is 2.21. The van der Waals surface area contributed by atoms with E-state index in [9.17, 15) is 4.79 Å². The number of hydrogen-bond acceptors (Lipinski definition) is 2. The Kier molecular flexibility index (Phi) is 7.85. The summed E-state index contributed by atoms with van der Waals surface area (Å²) >= 11 is 12.6. The van der Waals surface area contributed by atoms with Gasteiger partial charge in [0.05, 0.1) is 24.1 Å². The quantitative estimate of drug-likeness (QED) is 0.395. The topological polar surface area (TPSA) is 29.5 Å². The van der Waals surface area contributed by atoms with Crippen LogP contribution in [0.5, 0.6) is 0 Å². The molecule has 1 fully saturated rings. The number of ether oxygens (including phenoxy) is 1. The van der Waals surface area contributed by atoms with E-state index in [0.29, 0.717) is 29.5 Å². The van der Waals surface area contributed by atoms with E-state index < -0.39 is 5.41 Å². The Morgan fingerprint density at radius 1 is 1.19 bits per heavy atom. The minimum Gasteiger partial charge on any atom is -0.383 e. The van der Waals surface area contributed by atoms with Gasteiger partial charge < -0.3 is 9.64 Å². The molecule has 166 valence electrons. The lowest BCUT2D eigenvalue weighted by molar-refractivity contribution is -0.156. The zero-order valence-electron chi connectivity index (χ0n) is 18.5. The van der Waals surface area contributed by atoms with Crippen LogP contribution < -0.4 is 0 Å². The summed E-state index contributed by atoms with van der Waals surface area (Å²) in [7, 11) is 1.69. The summed E-state index contributed by atoms with van der Waals surface area (Å²) in [6.07, 6.45) is 3.99. The molecule has 5 heteroatoms. The van der Waals surface area contributed by atoms with Crippen LogP contribution >= 0.6 is 23.2 Å². The first kappa shape index (κ1) is 23.8. The number of likely N-dealkylation sites (tertiary alicyclic amines) is 1. The standard InChI is InChI=1S/C26H31Cl2NO2/c1-5-14-26(3)16-23(19-8-7-9-21(28)15-19)24(18-10-12-20(27)13-11-18)29(25(26)30)22(6-2)17-31-4/h5,7-13,15,22-24H,1,6,14,16-17H2,2-4H3/t22?,23?,24-,26+/m1/s1. The summed E-state index contributed by atoms with van der Waals surface area (Å²) in [5.41, 5.74) is 1.66. The Hall–Kier alpha value is -1.81. The third kappa shape index (κ3) is 5.00. The number of carbonyl (C=O) groups is 1. The number of amides is 1. The number of rotatable bonds is 8. The minimum atomic E-state index is -0.543. The molecule has 0 spiro atoms. The average molecular weight is 460 g/mol. The highest BCUT2D eigenvalue weighted by molar-refractivity contribution is 6.30. The van der Waals surface area contributed by atoms with Gasteiger partial charge in [0, 0.05) is 23.1 Å². The number of piperidine rings is 1. The molecule has 2 unspecified atom stereocenters. The van der Waals surface area contributed by atoms with Gasteiger partial charge in [0.2, 0.25) is 5.91 Å². The minimum absolute atomic E-state index is 0.0377. The van der Waals surface area contributed by atoms with Crippen molar-refractivity contribution in [2.24, 2.45) is 5.41 Å². The Morgan fingerprint density at radius 2 is 1.90 bits per heavy atom. The highest BCUT2D eigenvalue weighted by Crippen LogP contribution is 2.52. The zero-order chi connectivity index (χ0) is 22.6. The fourth-order valence-corrected chi connectivity index (χ4v) is 5.20. The second-order valence-electron chi connectivity index (χ2n) is 8.65. The van der Waals surface area contributed by atoms with E-state index in [1.165, 1.54) is 0 Å². The SMILES string of the molecule is C=CC[C@@]1(C)CC(c2cccc(Cl)c2)[C@@H](c2ccc(Cl)cc2)N(C(CC)COC)C1=O. The number of halogens is 2. The summed E-state index contributed by atoms with van der Waals surface area (Å²) in [6, 6.07) is 15.7. The van der Waals surface area contributed by atoms with Gasteiger partial charge >= 0.3 is 0 Å². The molecule has 1 aliphatic heterocycles. The van der Waals surface area contributed by atoms with Gasteiger partial charge in [-0.2, -0.15) is 0 Å². The lowest BCUT2D eigenvalue weighted by Crippen LogP contribution is -2.56. The van der Waals surface area contributed by atoms with Gasteiger partial charge in [0.15, 0.2) is 0 Å². The summed E-state index contributed by atoms with van der Waals surface area (Å²) in [4.78, 5) is 16.0. The van der Waals surface area contributed by atoms with Crippen LogP contribution in [0.4, 0.5) is 0 Å². The van der Waals surface area contributed by atoms with Gasteiger partial charge in [0.1, 0.15) is 0 Å². The Morgan fingerprint density at radius 3 is 2.48 bits per heavy atom. The molecule has 2 aromatic carbocycles.